The lowest BCUT2D eigenvalue weighted by Crippen LogP contribution is -2.39. The van der Waals surface area contributed by atoms with Crippen molar-refractivity contribution in [2.75, 3.05) is 18.4 Å². The molecule has 0 spiro atoms. The fourth-order valence-electron chi connectivity index (χ4n) is 3.54. The number of para-hydroxylation sites is 1. The number of nitrogens with one attached hydrogen (secondary N) is 1. The Morgan fingerprint density at radius 3 is 2.85 bits per heavy atom. The molecule has 0 bridgehead atoms. The van der Waals surface area contributed by atoms with Crippen LogP contribution in [-0.2, 0) is 4.79 Å². The fourth-order valence-corrected chi connectivity index (χ4v) is 4.64. The monoisotopic (exact) mass is 379 g/mol. The summed E-state index contributed by atoms with van der Waals surface area (Å²) in [5, 5.41) is 3.85. The van der Waals surface area contributed by atoms with Crippen LogP contribution in [0.5, 0.6) is 0 Å². The van der Waals surface area contributed by atoms with E-state index in [4.69, 9.17) is 4.98 Å². The molecule has 0 saturated carbocycles. The second-order valence-electron chi connectivity index (χ2n) is 6.87. The Morgan fingerprint density at radius 1 is 1.19 bits per heavy atom. The molecule has 1 aliphatic rings. The SMILES string of the molecule is CC(=O)Nc1cccc(C(=O)N2CCCC(c3nc4ccccc4s3)C2)c1. The van der Waals surface area contributed by atoms with Gasteiger partial charge in [0, 0.05) is 37.2 Å². The molecule has 2 heterocycles. The van der Waals surface area contributed by atoms with Gasteiger partial charge in [-0.15, -0.1) is 11.3 Å². The summed E-state index contributed by atoms with van der Waals surface area (Å²) in [6, 6.07) is 15.3. The van der Waals surface area contributed by atoms with E-state index in [1.807, 2.05) is 23.1 Å². The van der Waals surface area contributed by atoms with E-state index < -0.39 is 0 Å². The molecule has 1 N–H and O–H groups in total. The van der Waals surface area contributed by atoms with Crippen molar-refractivity contribution in [1.82, 2.24) is 9.88 Å². The molecule has 5 nitrogen and oxygen atoms in total. The van der Waals surface area contributed by atoms with E-state index in [-0.39, 0.29) is 17.7 Å². The van der Waals surface area contributed by atoms with Gasteiger partial charge in [-0.2, -0.15) is 0 Å². The number of likely N-dealkylation sites (tertiary alicyclic amines) is 1. The maximum Gasteiger partial charge on any atom is 0.253 e. The third-order valence-corrected chi connectivity index (χ3v) is 6.00. The van der Waals surface area contributed by atoms with Crippen LogP contribution in [0.4, 0.5) is 5.69 Å². The van der Waals surface area contributed by atoms with Crippen LogP contribution in [0.1, 0.15) is 41.0 Å². The van der Waals surface area contributed by atoms with Crippen LogP contribution in [0.2, 0.25) is 0 Å². The summed E-state index contributed by atoms with van der Waals surface area (Å²) in [6.07, 6.45) is 2.02. The minimum absolute atomic E-state index is 0.00742. The summed E-state index contributed by atoms with van der Waals surface area (Å²) < 4.78 is 1.19. The summed E-state index contributed by atoms with van der Waals surface area (Å²) in [7, 11) is 0. The van der Waals surface area contributed by atoms with Crippen LogP contribution in [0.15, 0.2) is 48.5 Å². The zero-order chi connectivity index (χ0) is 18.8. The van der Waals surface area contributed by atoms with Crippen LogP contribution >= 0.6 is 11.3 Å². The first kappa shape index (κ1) is 17.7. The number of aromatic nitrogens is 1. The molecule has 1 fully saturated rings. The molecular weight excluding hydrogens is 358 g/mol. The number of thiazole rings is 1. The van der Waals surface area contributed by atoms with Crippen LogP contribution in [0.25, 0.3) is 10.2 Å². The van der Waals surface area contributed by atoms with Gasteiger partial charge in [-0.3, -0.25) is 9.59 Å². The Kier molecular flexibility index (Phi) is 4.90. The van der Waals surface area contributed by atoms with Crippen LogP contribution in [0, 0.1) is 0 Å². The van der Waals surface area contributed by atoms with Gasteiger partial charge in [-0.05, 0) is 43.2 Å². The van der Waals surface area contributed by atoms with Gasteiger partial charge in [0.05, 0.1) is 15.2 Å². The summed E-state index contributed by atoms with van der Waals surface area (Å²) in [5.74, 6) is 0.139. The normalized spacial score (nSPS) is 17.1. The first-order chi connectivity index (χ1) is 13.1. The molecule has 1 aliphatic heterocycles. The van der Waals surface area contributed by atoms with Crippen molar-refractivity contribution >= 4 is 39.1 Å². The predicted octanol–water partition coefficient (Wildman–Crippen LogP) is 4.27. The molecule has 138 valence electrons. The van der Waals surface area contributed by atoms with Crippen molar-refractivity contribution in [3.63, 3.8) is 0 Å². The van der Waals surface area contributed by atoms with Crippen LogP contribution < -0.4 is 5.32 Å². The Labute approximate surface area is 162 Å². The van der Waals surface area contributed by atoms with Crippen LogP contribution in [-0.4, -0.2) is 34.8 Å². The number of benzene rings is 2. The second-order valence-corrected chi connectivity index (χ2v) is 7.93. The highest BCUT2D eigenvalue weighted by Crippen LogP contribution is 2.33. The van der Waals surface area contributed by atoms with Crippen molar-refractivity contribution in [3.05, 3.63) is 59.1 Å². The van der Waals surface area contributed by atoms with E-state index in [9.17, 15) is 9.59 Å². The Balaban J connectivity index is 1.52. The number of piperidine rings is 1. The molecule has 3 aromatic rings. The quantitative estimate of drug-likeness (QED) is 0.739. The number of anilines is 1. The lowest BCUT2D eigenvalue weighted by Gasteiger charge is -2.32. The standard InChI is InChI=1S/C21H21N3O2S/c1-14(25)22-17-8-4-6-15(12-17)21(26)24-11-5-7-16(13-24)20-23-18-9-2-3-10-19(18)27-20/h2-4,6,8-10,12,16H,5,7,11,13H2,1H3,(H,22,25). The maximum absolute atomic E-state index is 13.0. The smallest absolute Gasteiger partial charge is 0.253 e. The number of hydrogen-bond donors (Lipinski definition) is 1. The largest absolute Gasteiger partial charge is 0.338 e. The predicted molar refractivity (Wildman–Crippen MR) is 108 cm³/mol. The minimum Gasteiger partial charge on any atom is -0.338 e. The van der Waals surface area contributed by atoms with Crippen molar-refractivity contribution in [2.24, 2.45) is 0 Å². The molecule has 0 radical (unpaired) electrons. The first-order valence-corrected chi connectivity index (χ1v) is 9.94. The van der Waals surface area contributed by atoms with E-state index in [2.05, 4.69) is 11.4 Å². The van der Waals surface area contributed by atoms with Crippen molar-refractivity contribution < 1.29 is 9.59 Å². The van der Waals surface area contributed by atoms with Crippen molar-refractivity contribution in [2.45, 2.75) is 25.7 Å². The van der Waals surface area contributed by atoms with Crippen molar-refractivity contribution in [3.8, 4) is 0 Å². The van der Waals surface area contributed by atoms with E-state index in [0.717, 1.165) is 29.9 Å². The van der Waals surface area contributed by atoms with E-state index in [1.165, 1.54) is 11.6 Å². The van der Waals surface area contributed by atoms with Gasteiger partial charge < -0.3 is 10.2 Å². The zero-order valence-corrected chi connectivity index (χ0v) is 16.0. The number of carbonyl (C=O) groups excluding carboxylic acids is 2. The Morgan fingerprint density at radius 2 is 2.04 bits per heavy atom. The van der Waals surface area contributed by atoms with Gasteiger partial charge in [-0.1, -0.05) is 18.2 Å². The second kappa shape index (κ2) is 7.48. The van der Waals surface area contributed by atoms with Gasteiger partial charge in [0.25, 0.3) is 5.91 Å². The summed E-state index contributed by atoms with van der Waals surface area (Å²) >= 11 is 1.73. The van der Waals surface area contributed by atoms with Gasteiger partial charge in [0.1, 0.15) is 0 Å². The summed E-state index contributed by atoms with van der Waals surface area (Å²) in [4.78, 5) is 30.9. The molecule has 1 aromatic heterocycles. The number of hydrogen-bond acceptors (Lipinski definition) is 4. The average Bonchev–Trinajstić information content (AvgIpc) is 3.11. The van der Waals surface area contributed by atoms with E-state index >= 15 is 0 Å². The zero-order valence-electron chi connectivity index (χ0n) is 15.1. The lowest BCUT2D eigenvalue weighted by molar-refractivity contribution is -0.114. The van der Waals surface area contributed by atoms with E-state index in [1.54, 1.807) is 35.6 Å². The van der Waals surface area contributed by atoms with E-state index in [0.29, 0.717) is 17.8 Å². The minimum atomic E-state index is -0.145. The molecule has 27 heavy (non-hydrogen) atoms. The number of rotatable bonds is 3. The highest BCUT2D eigenvalue weighted by Gasteiger charge is 2.27. The number of fused-ring (bicyclic) bond motifs is 1. The number of carbonyl (C=O) groups is 2. The summed E-state index contributed by atoms with van der Waals surface area (Å²) in [6.45, 7) is 2.90. The third-order valence-electron chi connectivity index (χ3n) is 4.80. The number of amides is 2. The van der Waals surface area contributed by atoms with Crippen LogP contribution in [0.3, 0.4) is 0 Å². The van der Waals surface area contributed by atoms with Gasteiger partial charge in [0.15, 0.2) is 0 Å². The molecule has 2 amide bonds. The fraction of sp³-hybridized carbons (Fsp3) is 0.286. The highest BCUT2D eigenvalue weighted by atomic mass is 32.1. The Bertz CT molecular complexity index is 965. The molecule has 2 aromatic carbocycles. The van der Waals surface area contributed by atoms with Gasteiger partial charge in [-0.25, -0.2) is 4.98 Å². The Hall–Kier alpha value is -2.73. The molecule has 1 saturated heterocycles. The summed E-state index contributed by atoms with van der Waals surface area (Å²) in [5.41, 5.74) is 2.28. The third kappa shape index (κ3) is 3.85. The first-order valence-electron chi connectivity index (χ1n) is 9.12. The molecule has 1 unspecified atom stereocenters. The lowest BCUT2D eigenvalue weighted by atomic mass is 9.98. The molecule has 4 rings (SSSR count). The topological polar surface area (TPSA) is 62.3 Å². The molecule has 1 atom stereocenters. The number of nitrogens with zero attached hydrogens (tertiary/aromatic N) is 2. The van der Waals surface area contributed by atoms with Gasteiger partial charge in [0.2, 0.25) is 5.91 Å². The average molecular weight is 379 g/mol. The highest BCUT2D eigenvalue weighted by molar-refractivity contribution is 7.18. The molecule has 6 heteroatoms. The maximum atomic E-state index is 13.0. The van der Waals surface area contributed by atoms with Gasteiger partial charge >= 0.3 is 0 Å². The van der Waals surface area contributed by atoms with Crippen molar-refractivity contribution in [1.29, 1.82) is 0 Å². The molecular formula is C21H21N3O2S. The molecule has 0 aliphatic carbocycles.